The average molecular weight is 140 g/mol. The van der Waals surface area contributed by atoms with E-state index in [0.717, 1.165) is 0 Å². The van der Waals surface area contributed by atoms with E-state index < -0.39 is 0 Å². The van der Waals surface area contributed by atoms with Crippen molar-refractivity contribution in [2.75, 3.05) is 0 Å². The van der Waals surface area contributed by atoms with Gasteiger partial charge in [0.25, 0.3) is 0 Å². The normalized spacial score (nSPS) is 17.0. The zero-order valence-corrected chi connectivity index (χ0v) is 7.99. The highest BCUT2D eigenvalue weighted by molar-refractivity contribution is 5.06. The zero-order valence-electron chi connectivity index (χ0n) is 7.99. The first-order chi connectivity index (χ1) is 4.45. The van der Waals surface area contributed by atoms with E-state index in [1.54, 1.807) is 0 Å². The smallest absolute Gasteiger partial charge is 0.0101 e. The molecule has 0 N–H and O–H groups in total. The molecule has 0 aromatic carbocycles. The maximum atomic E-state index is 4.02. The second kappa shape index (κ2) is 3.23. The van der Waals surface area contributed by atoms with Gasteiger partial charge in [0.2, 0.25) is 0 Å². The molecule has 0 aliphatic heterocycles. The highest BCUT2D eigenvalue weighted by atomic mass is 14.3. The second-order valence-electron chi connectivity index (χ2n) is 3.71. The third-order valence-corrected chi connectivity index (χ3v) is 2.98. The molecule has 0 aromatic heterocycles. The van der Waals surface area contributed by atoms with Gasteiger partial charge in [0.1, 0.15) is 0 Å². The topological polar surface area (TPSA) is 0 Å². The van der Waals surface area contributed by atoms with Gasteiger partial charge in [0, 0.05) is 0 Å². The van der Waals surface area contributed by atoms with Crippen molar-refractivity contribution in [1.29, 1.82) is 0 Å². The summed E-state index contributed by atoms with van der Waals surface area (Å²) in [6, 6.07) is 0. The second-order valence-corrected chi connectivity index (χ2v) is 3.71. The van der Waals surface area contributed by atoms with Crippen LogP contribution in [0, 0.1) is 11.3 Å². The van der Waals surface area contributed by atoms with E-state index in [-0.39, 0.29) is 0 Å². The molecule has 0 nitrogen and oxygen atoms in total. The molecule has 0 heteroatoms. The van der Waals surface area contributed by atoms with E-state index in [1.165, 1.54) is 12.0 Å². The predicted octanol–water partition coefficient (Wildman–Crippen LogP) is 3.63. The molecule has 1 atom stereocenters. The Labute approximate surface area is 65.3 Å². The van der Waals surface area contributed by atoms with Crippen molar-refractivity contribution in [2.45, 2.75) is 41.0 Å². The van der Waals surface area contributed by atoms with Crippen LogP contribution in [0.25, 0.3) is 0 Å². The summed E-state index contributed by atoms with van der Waals surface area (Å²) >= 11 is 0. The third kappa shape index (κ3) is 1.62. The van der Waals surface area contributed by atoms with Crippen LogP contribution in [0.15, 0.2) is 12.2 Å². The first-order valence-corrected chi connectivity index (χ1v) is 4.11. The first kappa shape index (κ1) is 9.74. The lowest BCUT2D eigenvalue weighted by molar-refractivity contribution is 0.266. The lowest BCUT2D eigenvalue weighted by Crippen LogP contribution is -2.23. The summed E-state index contributed by atoms with van der Waals surface area (Å²) in [4.78, 5) is 0. The zero-order chi connectivity index (χ0) is 8.36. The van der Waals surface area contributed by atoms with Gasteiger partial charge in [-0.2, -0.15) is 0 Å². The van der Waals surface area contributed by atoms with Gasteiger partial charge in [-0.15, -0.1) is 0 Å². The monoisotopic (exact) mass is 140 g/mol. The number of rotatable bonds is 3. The number of allylic oxidation sites excluding steroid dienone is 1. The van der Waals surface area contributed by atoms with E-state index >= 15 is 0 Å². The van der Waals surface area contributed by atoms with Crippen molar-refractivity contribution in [3.05, 3.63) is 12.2 Å². The van der Waals surface area contributed by atoms with Crippen molar-refractivity contribution < 1.29 is 0 Å². The molecule has 0 aromatic rings. The molecule has 10 heavy (non-hydrogen) atoms. The number of hydrogen-bond acceptors (Lipinski definition) is 0. The van der Waals surface area contributed by atoms with Crippen LogP contribution < -0.4 is 0 Å². The van der Waals surface area contributed by atoms with Crippen LogP contribution in [0.1, 0.15) is 41.0 Å². The highest BCUT2D eigenvalue weighted by Gasteiger charge is 2.26. The maximum Gasteiger partial charge on any atom is -0.0101 e. The van der Waals surface area contributed by atoms with Crippen LogP contribution in [0.3, 0.4) is 0 Å². The average Bonchev–Trinajstić information content (AvgIpc) is 1.85. The van der Waals surface area contributed by atoms with E-state index in [0.29, 0.717) is 11.3 Å². The van der Waals surface area contributed by atoms with Crippen LogP contribution in [-0.2, 0) is 0 Å². The molecule has 0 saturated heterocycles. The fourth-order valence-corrected chi connectivity index (χ4v) is 1.20. The minimum atomic E-state index is 0.347. The van der Waals surface area contributed by atoms with Crippen LogP contribution >= 0.6 is 0 Å². The molecular formula is C10H20. The molecule has 0 saturated carbocycles. The Bertz CT molecular complexity index is 122. The molecule has 0 heterocycles. The summed E-state index contributed by atoms with van der Waals surface area (Å²) in [5, 5.41) is 0. The molecule has 0 aliphatic carbocycles. The molecule has 0 fully saturated rings. The fourth-order valence-electron chi connectivity index (χ4n) is 1.20. The van der Waals surface area contributed by atoms with E-state index in [9.17, 15) is 0 Å². The summed E-state index contributed by atoms with van der Waals surface area (Å²) in [7, 11) is 0. The number of hydrogen-bond donors (Lipinski definition) is 0. The minimum absolute atomic E-state index is 0.347. The highest BCUT2D eigenvalue weighted by Crippen LogP contribution is 2.36. The summed E-state index contributed by atoms with van der Waals surface area (Å²) in [6.07, 6.45) is 1.19. The molecule has 0 aliphatic rings. The Morgan fingerprint density at radius 3 is 1.90 bits per heavy atom. The van der Waals surface area contributed by atoms with E-state index in [1.807, 2.05) is 0 Å². The van der Waals surface area contributed by atoms with Crippen molar-refractivity contribution in [3.8, 4) is 0 Å². The van der Waals surface area contributed by atoms with Gasteiger partial charge < -0.3 is 0 Å². The Balaban J connectivity index is 4.38. The van der Waals surface area contributed by atoms with E-state index in [4.69, 9.17) is 0 Å². The lowest BCUT2D eigenvalue weighted by Gasteiger charge is -2.33. The Hall–Kier alpha value is -0.260. The van der Waals surface area contributed by atoms with Gasteiger partial charge in [-0.05, 0) is 24.7 Å². The standard InChI is InChI=1S/C10H20/c1-7-10(6,8(2)3)9(4)5/h9H,2,7H2,1,3-6H3. The van der Waals surface area contributed by atoms with Gasteiger partial charge in [-0.25, -0.2) is 0 Å². The van der Waals surface area contributed by atoms with Crippen LogP contribution in [-0.4, -0.2) is 0 Å². The van der Waals surface area contributed by atoms with Crippen molar-refractivity contribution in [1.82, 2.24) is 0 Å². The molecule has 0 radical (unpaired) electrons. The first-order valence-electron chi connectivity index (χ1n) is 4.11. The van der Waals surface area contributed by atoms with E-state index in [2.05, 4.69) is 41.2 Å². The van der Waals surface area contributed by atoms with Gasteiger partial charge >= 0.3 is 0 Å². The van der Waals surface area contributed by atoms with Gasteiger partial charge in [-0.3, -0.25) is 0 Å². The molecule has 0 rings (SSSR count). The van der Waals surface area contributed by atoms with Crippen molar-refractivity contribution in [2.24, 2.45) is 11.3 Å². The van der Waals surface area contributed by atoms with Crippen molar-refractivity contribution in [3.63, 3.8) is 0 Å². The Morgan fingerprint density at radius 1 is 1.50 bits per heavy atom. The third-order valence-electron chi connectivity index (χ3n) is 2.98. The summed E-state index contributed by atoms with van der Waals surface area (Å²) < 4.78 is 0. The summed E-state index contributed by atoms with van der Waals surface area (Å²) in [6.45, 7) is 15.2. The SMILES string of the molecule is C=C(C)C(C)(CC)C(C)C. The predicted molar refractivity (Wildman–Crippen MR) is 48.1 cm³/mol. The molecule has 1 unspecified atom stereocenters. The minimum Gasteiger partial charge on any atom is -0.0996 e. The van der Waals surface area contributed by atoms with Crippen LogP contribution in [0.4, 0.5) is 0 Å². The van der Waals surface area contributed by atoms with Gasteiger partial charge in [-0.1, -0.05) is 39.8 Å². The molecule has 60 valence electrons. The Morgan fingerprint density at radius 2 is 1.90 bits per heavy atom. The lowest BCUT2D eigenvalue weighted by atomic mass is 9.72. The molecule has 0 amide bonds. The summed E-state index contributed by atoms with van der Waals surface area (Å²) in [5.41, 5.74) is 1.66. The van der Waals surface area contributed by atoms with Gasteiger partial charge in [0.15, 0.2) is 0 Å². The van der Waals surface area contributed by atoms with Crippen molar-refractivity contribution >= 4 is 0 Å². The molecule has 0 spiro atoms. The van der Waals surface area contributed by atoms with Crippen LogP contribution in [0.5, 0.6) is 0 Å². The van der Waals surface area contributed by atoms with Gasteiger partial charge in [0.05, 0.1) is 0 Å². The fraction of sp³-hybridized carbons (Fsp3) is 0.800. The Kier molecular flexibility index (Phi) is 3.14. The summed E-state index contributed by atoms with van der Waals surface area (Å²) in [5.74, 6) is 0.704. The maximum absolute atomic E-state index is 4.02. The largest absolute Gasteiger partial charge is 0.0996 e. The quantitative estimate of drug-likeness (QED) is 0.525. The van der Waals surface area contributed by atoms with Crippen LogP contribution in [0.2, 0.25) is 0 Å². The molecule has 0 bridgehead atoms. The molecular weight excluding hydrogens is 120 g/mol.